The highest BCUT2D eigenvalue weighted by molar-refractivity contribution is 6.31. The fraction of sp³-hybridized carbons (Fsp3) is 0.435. The molecule has 4 rings (SSSR count). The molecule has 4 atom stereocenters. The molecule has 0 aromatic heterocycles. The van der Waals surface area contributed by atoms with Crippen LogP contribution in [-0.2, 0) is 10.2 Å². The van der Waals surface area contributed by atoms with Crippen molar-refractivity contribution in [2.24, 2.45) is 11.1 Å². The van der Waals surface area contributed by atoms with Gasteiger partial charge in [-0.2, -0.15) is 0 Å². The van der Waals surface area contributed by atoms with Crippen LogP contribution in [0.1, 0.15) is 44.2 Å². The summed E-state index contributed by atoms with van der Waals surface area (Å²) in [5, 5.41) is 8.49. The molecule has 4 nitrogen and oxygen atoms in total. The monoisotopic (exact) mass is 431 g/mol. The van der Waals surface area contributed by atoms with Crippen LogP contribution in [-0.4, -0.2) is 24.5 Å². The maximum absolute atomic E-state index is 12.6. The molecule has 2 aromatic carbocycles. The van der Waals surface area contributed by atoms with E-state index in [9.17, 15) is 4.79 Å². The highest BCUT2D eigenvalue weighted by Crippen LogP contribution is 2.56. The van der Waals surface area contributed by atoms with Crippen LogP contribution in [0.25, 0.3) is 0 Å². The van der Waals surface area contributed by atoms with Gasteiger partial charge in [0, 0.05) is 39.7 Å². The van der Waals surface area contributed by atoms with E-state index in [0.717, 1.165) is 23.2 Å². The summed E-state index contributed by atoms with van der Waals surface area (Å²) < 4.78 is 0. The van der Waals surface area contributed by atoms with E-state index < -0.39 is 11.5 Å². The number of primary amides is 1. The van der Waals surface area contributed by atoms with Crippen LogP contribution in [0.15, 0.2) is 42.5 Å². The predicted molar refractivity (Wildman–Crippen MR) is 120 cm³/mol. The molecule has 2 aliphatic heterocycles. The highest BCUT2D eigenvalue weighted by atomic mass is 35.5. The Kier molecular flexibility index (Phi) is 5.09. The third-order valence-electron chi connectivity index (χ3n) is 6.31. The molecule has 1 fully saturated rings. The van der Waals surface area contributed by atoms with E-state index in [0.29, 0.717) is 16.6 Å². The van der Waals surface area contributed by atoms with Gasteiger partial charge in [-0.15, -0.1) is 0 Å². The molecule has 0 saturated carbocycles. The number of carbonyl (C=O) groups is 1. The number of hydrogen-bond donors (Lipinski definition) is 3. The van der Waals surface area contributed by atoms with Crippen LogP contribution in [0.2, 0.25) is 10.0 Å². The number of hydrogen-bond acceptors (Lipinski definition) is 3. The van der Waals surface area contributed by atoms with Crippen molar-refractivity contribution in [2.75, 3.05) is 11.9 Å². The van der Waals surface area contributed by atoms with Crippen LogP contribution >= 0.6 is 23.2 Å². The molecule has 0 aliphatic carbocycles. The van der Waals surface area contributed by atoms with Crippen molar-refractivity contribution in [2.45, 2.75) is 50.6 Å². The van der Waals surface area contributed by atoms with E-state index in [4.69, 9.17) is 28.9 Å². The molecule has 4 N–H and O–H groups in total. The smallest absolute Gasteiger partial charge is 0.235 e. The summed E-state index contributed by atoms with van der Waals surface area (Å²) in [6.07, 6.45) is 0.880. The number of nitrogens with two attached hydrogens (primary N) is 1. The summed E-state index contributed by atoms with van der Waals surface area (Å²) in [7, 11) is 0. The minimum absolute atomic E-state index is 0.0356. The van der Waals surface area contributed by atoms with Crippen LogP contribution in [0, 0.1) is 5.41 Å². The Bertz CT molecular complexity index is 955. The molecule has 0 radical (unpaired) electrons. The van der Waals surface area contributed by atoms with Gasteiger partial charge in [0.1, 0.15) is 0 Å². The Morgan fingerprint density at radius 3 is 2.59 bits per heavy atom. The topological polar surface area (TPSA) is 67.1 Å². The van der Waals surface area contributed by atoms with E-state index in [-0.39, 0.29) is 23.3 Å². The minimum Gasteiger partial charge on any atom is -0.384 e. The van der Waals surface area contributed by atoms with E-state index in [1.54, 1.807) is 0 Å². The summed E-state index contributed by atoms with van der Waals surface area (Å²) in [6.45, 7) is 7.33. The maximum Gasteiger partial charge on any atom is 0.235 e. The third-order valence-corrected chi connectivity index (χ3v) is 6.89. The van der Waals surface area contributed by atoms with Gasteiger partial charge in [0.25, 0.3) is 0 Å². The van der Waals surface area contributed by atoms with Crippen molar-refractivity contribution in [1.82, 2.24) is 5.32 Å². The van der Waals surface area contributed by atoms with Gasteiger partial charge >= 0.3 is 0 Å². The van der Waals surface area contributed by atoms with Crippen LogP contribution in [0.5, 0.6) is 0 Å². The Morgan fingerprint density at radius 2 is 1.93 bits per heavy atom. The predicted octanol–water partition coefficient (Wildman–Crippen LogP) is 4.70. The number of anilines is 1. The molecule has 0 bridgehead atoms. The summed E-state index contributed by atoms with van der Waals surface area (Å²) in [4.78, 5) is 12.6. The first kappa shape index (κ1) is 20.5. The first-order valence-electron chi connectivity index (χ1n) is 9.97. The van der Waals surface area contributed by atoms with Crippen molar-refractivity contribution in [3.05, 3.63) is 63.6 Å². The average molecular weight is 432 g/mol. The first-order chi connectivity index (χ1) is 13.6. The highest BCUT2D eigenvalue weighted by Gasteiger charge is 2.61. The van der Waals surface area contributed by atoms with Crippen molar-refractivity contribution in [1.29, 1.82) is 0 Å². The molecule has 6 heteroatoms. The molecule has 29 heavy (non-hydrogen) atoms. The Morgan fingerprint density at radius 1 is 1.21 bits per heavy atom. The molecule has 2 aromatic rings. The Hall–Kier alpha value is -1.75. The molecular weight excluding hydrogens is 405 g/mol. The molecule has 1 amide bonds. The lowest BCUT2D eigenvalue weighted by molar-refractivity contribution is -0.120. The number of benzene rings is 2. The number of nitrogens with one attached hydrogen (secondary N) is 2. The number of fused-ring (bicyclic) bond motifs is 2. The van der Waals surface area contributed by atoms with Gasteiger partial charge in [-0.05, 0) is 47.2 Å². The molecule has 1 saturated heterocycles. The van der Waals surface area contributed by atoms with Crippen molar-refractivity contribution in [3.63, 3.8) is 0 Å². The van der Waals surface area contributed by atoms with E-state index in [2.05, 4.69) is 31.4 Å². The summed E-state index contributed by atoms with van der Waals surface area (Å²) in [5.41, 5.74) is 8.70. The van der Waals surface area contributed by atoms with Crippen molar-refractivity contribution >= 4 is 34.8 Å². The zero-order valence-electron chi connectivity index (χ0n) is 16.9. The first-order valence-corrected chi connectivity index (χ1v) is 10.7. The molecule has 1 spiro atoms. The normalized spacial score (nSPS) is 28.4. The van der Waals surface area contributed by atoms with Gasteiger partial charge in [0.2, 0.25) is 5.91 Å². The lowest BCUT2D eigenvalue weighted by Gasteiger charge is -2.39. The minimum atomic E-state index is -0.519. The zero-order chi connectivity index (χ0) is 21.0. The number of carbonyl (C=O) groups excluding carboxylic acids is 1. The Balaban J connectivity index is 1.97. The van der Waals surface area contributed by atoms with Crippen molar-refractivity contribution in [3.8, 4) is 0 Å². The Labute approximate surface area is 182 Å². The fourth-order valence-electron chi connectivity index (χ4n) is 5.24. The fourth-order valence-corrected chi connectivity index (χ4v) is 5.67. The SMILES string of the molecule is CC(C)(C)C[C@@H]1N[C@@H](C(N)=O)[C@H](c2ccccc2Cl)[C@]12CNc1ccc(Cl)cc12. The van der Waals surface area contributed by atoms with Crippen LogP contribution in [0.4, 0.5) is 5.69 Å². The second-order valence-electron chi connectivity index (χ2n) is 9.45. The van der Waals surface area contributed by atoms with Gasteiger partial charge in [0.15, 0.2) is 0 Å². The van der Waals surface area contributed by atoms with Gasteiger partial charge in [0.05, 0.1) is 6.04 Å². The van der Waals surface area contributed by atoms with Gasteiger partial charge in [-0.25, -0.2) is 0 Å². The molecule has 154 valence electrons. The summed E-state index contributed by atoms with van der Waals surface area (Å²) in [5.74, 6) is -0.561. The standard InChI is InChI=1S/C23H27Cl2N3O/c1-22(2,3)11-18-23(12-27-17-9-8-13(24)10-15(17)23)19(20(28-18)21(26)29)14-6-4-5-7-16(14)25/h4-10,18-20,27-28H,11-12H2,1-3H3,(H2,26,29)/t18-,19-,20+,23-/m0/s1. The van der Waals surface area contributed by atoms with E-state index in [1.807, 2.05) is 42.5 Å². The second kappa shape index (κ2) is 7.19. The summed E-state index contributed by atoms with van der Waals surface area (Å²) in [6, 6.07) is 13.2. The number of halogens is 2. The number of amides is 1. The lowest BCUT2D eigenvalue weighted by atomic mass is 9.63. The van der Waals surface area contributed by atoms with E-state index >= 15 is 0 Å². The lowest BCUT2D eigenvalue weighted by Crippen LogP contribution is -2.46. The maximum atomic E-state index is 12.6. The zero-order valence-corrected chi connectivity index (χ0v) is 18.4. The van der Waals surface area contributed by atoms with Gasteiger partial charge < -0.3 is 16.4 Å². The molecule has 2 aliphatic rings. The molecule has 2 heterocycles. The van der Waals surface area contributed by atoms with Crippen molar-refractivity contribution < 1.29 is 4.79 Å². The van der Waals surface area contributed by atoms with Crippen LogP contribution in [0.3, 0.4) is 0 Å². The van der Waals surface area contributed by atoms with E-state index in [1.165, 1.54) is 0 Å². The summed E-state index contributed by atoms with van der Waals surface area (Å²) >= 11 is 13.1. The van der Waals surface area contributed by atoms with Gasteiger partial charge in [-0.3, -0.25) is 4.79 Å². The van der Waals surface area contributed by atoms with Crippen LogP contribution < -0.4 is 16.4 Å². The molecular formula is C23H27Cl2N3O. The molecule has 0 unspecified atom stereocenters. The van der Waals surface area contributed by atoms with Gasteiger partial charge in [-0.1, -0.05) is 62.2 Å². The number of rotatable bonds is 3. The largest absolute Gasteiger partial charge is 0.384 e. The second-order valence-corrected chi connectivity index (χ2v) is 10.3. The average Bonchev–Trinajstić information content (AvgIpc) is 3.15. The third kappa shape index (κ3) is 3.41. The quantitative estimate of drug-likeness (QED) is 0.659.